The quantitative estimate of drug-likeness (QED) is 0.710. The summed E-state index contributed by atoms with van der Waals surface area (Å²) >= 11 is 0. The Hall–Kier alpha value is -1.93. The molecule has 9 heteroatoms. The van der Waals surface area contributed by atoms with E-state index in [1.165, 1.54) is 0 Å². The fourth-order valence-corrected chi connectivity index (χ4v) is 1.63. The van der Waals surface area contributed by atoms with Gasteiger partial charge in [0.25, 0.3) is 0 Å². The van der Waals surface area contributed by atoms with Crippen LogP contribution in [0, 0.1) is 0 Å². The van der Waals surface area contributed by atoms with Crippen molar-refractivity contribution in [1.29, 1.82) is 0 Å². The molecule has 0 aliphatic carbocycles. The van der Waals surface area contributed by atoms with Gasteiger partial charge < -0.3 is 9.97 Å². The van der Waals surface area contributed by atoms with Crippen LogP contribution in [0.5, 0.6) is 0 Å². The first-order valence-corrected chi connectivity index (χ1v) is 4.50. The molecule has 0 bridgehead atoms. The Labute approximate surface area is 94.4 Å². The van der Waals surface area contributed by atoms with Crippen LogP contribution in [0.1, 0.15) is 11.1 Å². The second kappa shape index (κ2) is 3.53. The number of imidazole rings is 1. The molecule has 0 radical (unpaired) electrons. The van der Waals surface area contributed by atoms with Crippen LogP contribution >= 0.6 is 0 Å². The Morgan fingerprint density at radius 1 is 0.889 bits per heavy atom. The van der Waals surface area contributed by atoms with Crippen LogP contribution in [0.25, 0.3) is 11.0 Å². The Bertz CT molecular complexity index is 648. The van der Waals surface area contributed by atoms with Crippen LogP contribution in [0.15, 0.2) is 16.9 Å². The van der Waals surface area contributed by atoms with E-state index in [1.807, 2.05) is 4.98 Å². The number of alkyl halides is 6. The molecule has 0 fully saturated rings. The number of H-pyrrole nitrogens is 2. The monoisotopic (exact) mass is 270 g/mol. The highest BCUT2D eigenvalue weighted by atomic mass is 19.4. The summed E-state index contributed by atoms with van der Waals surface area (Å²) < 4.78 is 75.6. The zero-order valence-electron chi connectivity index (χ0n) is 8.33. The van der Waals surface area contributed by atoms with Gasteiger partial charge in [-0.15, -0.1) is 0 Å². The van der Waals surface area contributed by atoms with E-state index in [0.29, 0.717) is 0 Å². The van der Waals surface area contributed by atoms with Crippen LogP contribution in [0.4, 0.5) is 26.3 Å². The molecule has 18 heavy (non-hydrogen) atoms. The van der Waals surface area contributed by atoms with Gasteiger partial charge >= 0.3 is 18.0 Å². The van der Waals surface area contributed by atoms with E-state index in [0.717, 1.165) is 6.07 Å². The molecule has 0 atom stereocenters. The third kappa shape index (κ3) is 1.95. The summed E-state index contributed by atoms with van der Waals surface area (Å²) in [5.74, 6) is 0. The van der Waals surface area contributed by atoms with E-state index in [9.17, 15) is 31.1 Å². The van der Waals surface area contributed by atoms with Crippen LogP contribution in [-0.4, -0.2) is 9.97 Å². The molecule has 3 nitrogen and oxygen atoms in total. The van der Waals surface area contributed by atoms with Crippen molar-refractivity contribution in [2.24, 2.45) is 0 Å². The Kier molecular flexibility index (Phi) is 2.46. The molecule has 0 saturated carbocycles. The lowest BCUT2D eigenvalue weighted by Gasteiger charge is -2.15. The van der Waals surface area contributed by atoms with Gasteiger partial charge in [-0.2, -0.15) is 26.3 Å². The Balaban J connectivity index is 2.92. The molecule has 2 N–H and O–H groups in total. The van der Waals surface area contributed by atoms with Gasteiger partial charge in [0.1, 0.15) is 0 Å². The third-order valence-electron chi connectivity index (χ3n) is 2.28. The van der Waals surface area contributed by atoms with E-state index < -0.39 is 34.7 Å². The minimum Gasteiger partial charge on any atom is -0.306 e. The molecule has 0 spiro atoms. The summed E-state index contributed by atoms with van der Waals surface area (Å²) in [6.45, 7) is 0. The highest BCUT2D eigenvalue weighted by molar-refractivity contribution is 5.80. The highest BCUT2D eigenvalue weighted by Crippen LogP contribution is 2.42. The van der Waals surface area contributed by atoms with Gasteiger partial charge in [0, 0.05) is 0 Å². The summed E-state index contributed by atoms with van der Waals surface area (Å²) in [6.07, 6.45) is -10.4. The minimum absolute atomic E-state index is 0.287. The van der Waals surface area contributed by atoms with E-state index in [2.05, 4.69) is 0 Å². The molecule has 1 aromatic heterocycles. The second-order valence-electron chi connectivity index (χ2n) is 3.49. The number of hydrogen-bond donors (Lipinski definition) is 2. The largest absolute Gasteiger partial charge is 0.419 e. The van der Waals surface area contributed by atoms with Gasteiger partial charge in [0.2, 0.25) is 0 Å². The number of benzene rings is 1. The predicted octanol–water partition coefficient (Wildman–Crippen LogP) is 2.89. The maximum absolute atomic E-state index is 12.7. The summed E-state index contributed by atoms with van der Waals surface area (Å²) in [6, 6.07) is 1.06. The van der Waals surface area contributed by atoms with Gasteiger partial charge in [-0.1, -0.05) is 0 Å². The van der Waals surface area contributed by atoms with E-state index >= 15 is 0 Å². The topological polar surface area (TPSA) is 48.6 Å². The average Bonchev–Trinajstić information content (AvgIpc) is 2.52. The Morgan fingerprint density at radius 3 is 2.00 bits per heavy atom. The van der Waals surface area contributed by atoms with Crippen molar-refractivity contribution in [2.75, 3.05) is 0 Å². The lowest BCUT2D eigenvalue weighted by atomic mass is 10.0. The molecule has 0 aliphatic heterocycles. The van der Waals surface area contributed by atoms with Crippen LogP contribution in [0.3, 0.4) is 0 Å². The summed E-state index contributed by atoms with van der Waals surface area (Å²) in [4.78, 5) is 14.6. The summed E-state index contributed by atoms with van der Waals surface area (Å²) in [5.41, 5.74) is -5.97. The number of aromatic amines is 2. The molecule has 1 heterocycles. The van der Waals surface area contributed by atoms with Gasteiger partial charge in [-0.25, -0.2) is 4.79 Å². The van der Waals surface area contributed by atoms with Gasteiger partial charge in [-0.3, -0.25) is 0 Å². The zero-order chi connectivity index (χ0) is 13.7. The molecule has 2 rings (SSSR count). The van der Waals surface area contributed by atoms with Crippen molar-refractivity contribution in [3.05, 3.63) is 33.7 Å². The predicted molar refractivity (Wildman–Crippen MR) is 48.9 cm³/mol. The number of nitrogens with one attached hydrogen (secondary N) is 2. The maximum Gasteiger partial charge on any atom is 0.419 e. The van der Waals surface area contributed by atoms with Crippen molar-refractivity contribution >= 4 is 11.0 Å². The van der Waals surface area contributed by atoms with Crippen molar-refractivity contribution in [3.8, 4) is 0 Å². The van der Waals surface area contributed by atoms with Crippen LogP contribution in [-0.2, 0) is 12.4 Å². The van der Waals surface area contributed by atoms with Crippen LogP contribution < -0.4 is 5.69 Å². The smallest absolute Gasteiger partial charge is 0.306 e. The van der Waals surface area contributed by atoms with E-state index in [4.69, 9.17) is 0 Å². The highest BCUT2D eigenvalue weighted by Gasteiger charge is 2.44. The first-order chi connectivity index (χ1) is 8.10. The average molecular weight is 270 g/mol. The molecule has 98 valence electrons. The number of hydrogen-bond acceptors (Lipinski definition) is 1. The minimum atomic E-state index is -5.23. The van der Waals surface area contributed by atoms with Crippen molar-refractivity contribution in [1.82, 2.24) is 9.97 Å². The molecule has 0 saturated heterocycles. The number of fused-ring (bicyclic) bond motifs is 1. The van der Waals surface area contributed by atoms with Gasteiger partial charge in [0.15, 0.2) is 0 Å². The zero-order valence-corrected chi connectivity index (χ0v) is 8.33. The first-order valence-electron chi connectivity index (χ1n) is 4.50. The third-order valence-corrected chi connectivity index (χ3v) is 2.28. The van der Waals surface area contributed by atoms with Crippen LogP contribution in [0.2, 0.25) is 0 Å². The van der Waals surface area contributed by atoms with Crippen molar-refractivity contribution in [2.45, 2.75) is 12.4 Å². The lowest BCUT2D eigenvalue weighted by molar-refractivity contribution is -0.161. The number of halogens is 6. The van der Waals surface area contributed by atoms with Crippen molar-refractivity contribution < 1.29 is 26.3 Å². The number of aromatic nitrogens is 2. The lowest BCUT2D eigenvalue weighted by Crippen LogP contribution is -2.17. The standard InChI is InChI=1S/C9H4F6N2O/c10-8(11,12)3-1-2-4-6(17-7(18)16-4)5(3)9(13,14)15/h1-2H,(H2,16,17,18). The second-order valence-corrected chi connectivity index (χ2v) is 3.49. The Morgan fingerprint density at radius 2 is 1.50 bits per heavy atom. The summed E-state index contributed by atoms with van der Waals surface area (Å²) in [7, 11) is 0. The maximum atomic E-state index is 12.7. The fraction of sp³-hybridized carbons (Fsp3) is 0.222. The van der Waals surface area contributed by atoms with E-state index in [1.54, 1.807) is 4.98 Å². The number of rotatable bonds is 0. The first kappa shape index (κ1) is 12.5. The van der Waals surface area contributed by atoms with Gasteiger partial charge in [0.05, 0.1) is 22.2 Å². The fourth-order valence-electron chi connectivity index (χ4n) is 1.63. The molecular weight excluding hydrogens is 266 g/mol. The summed E-state index contributed by atoms with van der Waals surface area (Å²) in [5, 5.41) is 0. The normalized spacial score (nSPS) is 13.2. The van der Waals surface area contributed by atoms with E-state index in [-0.39, 0.29) is 11.6 Å². The molecule has 2 aromatic rings. The van der Waals surface area contributed by atoms with Crippen molar-refractivity contribution in [3.63, 3.8) is 0 Å². The molecule has 1 aromatic carbocycles. The SMILES string of the molecule is O=c1[nH]c2ccc(C(F)(F)F)c(C(F)(F)F)c2[nH]1. The molecule has 0 unspecified atom stereocenters. The molecular formula is C9H4F6N2O. The molecule has 0 aliphatic rings. The van der Waals surface area contributed by atoms with Gasteiger partial charge in [-0.05, 0) is 12.1 Å². The molecule has 0 amide bonds.